The first-order valence-corrected chi connectivity index (χ1v) is 3.29. The molecule has 0 aromatic rings. The fraction of sp³-hybridized carbons (Fsp3) is 0.750. The summed E-state index contributed by atoms with van der Waals surface area (Å²) in [5, 5.41) is 2.92. The van der Waals surface area contributed by atoms with E-state index in [0.717, 1.165) is 5.75 Å². The molecule has 0 saturated carbocycles. The van der Waals surface area contributed by atoms with Gasteiger partial charge in [0, 0.05) is 12.3 Å². The largest absolute Gasteiger partial charge is 0.315 e. The van der Waals surface area contributed by atoms with E-state index in [9.17, 15) is 0 Å². The van der Waals surface area contributed by atoms with Crippen molar-refractivity contribution >= 4 is 11.8 Å². The van der Waals surface area contributed by atoms with Crippen LogP contribution >= 0.6 is 11.8 Å². The second kappa shape index (κ2) is 5.31. The number of rotatable bonds is 3. The molecule has 0 saturated heterocycles. The van der Waals surface area contributed by atoms with Crippen LogP contribution in [0.2, 0.25) is 0 Å². The summed E-state index contributed by atoms with van der Waals surface area (Å²) in [5.74, 6) is 1.09. The number of hydrogen-bond acceptors (Lipinski definition) is 2. The van der Waals surface area contributed by atoms with Crippen LogP contribution in [0.25, 0.3) is 0 Å². The Morgan fingerprint density at radius 2 is 2.50 bits per heavy atom. The van der Waals surface area contributed by atoms with E-state index in [0.29, 0.717) is 0 Å². The molecule has 37 valence electrons. The third kappa shape index (κ3) is 4.31. The lowest BCUT2D eigenvalue weighted by Crippen LogP contribution is -2.01. The van der Waals surface area contributed by atoms with Crippen molar-refractivity contribution in [2.45, 2.75) is 0 Å². The fourth-order valence-electron chi connectivity index (χ4n) is 0.167. The van der Waals surface area contributed by atoms with Crippen molar-refractivity contribution in [3.8, 4) is 0 Å². The minimum atomic E-state index is 1.09. The lowest BCUT2D eigenvalue weighted by molar-refractivity contribution is 0.991. The standard InChI is InChI=1S/C4H10NS/c1-5-3-4-6-2/h3,5H,4H2,1-2H3. The van der Waals surface area contributed by atoms with Crippen molar-refractivity contribution in [3.63, 3.8) is 0 Å². The normalized spacial score (nSPS) is 9.00. The third-order valence-electron chi connectivity index (χ3n) is 0.454. The van der Waals surface area contributed by atoms with Crippen LogP contribution in [-0.2, 0) is 0 Å². The van der Waals surface area contributed by atoms with Crippen LogP contribution in [0.15, 0.2) is 0 Å². The smallest absolute Gasteiger partial charge is 0.0317 e. The fourth-order valence-corrected chi connectivity index (χ4v) is 0.500. The number of nitrogens with one attached hydrogen (secondary N) is 1. The van der Waals surface area contributed by atoms with Gasteiger partial charge in [0.05, 0.1) is 0 Å². The predicted octanol–water partition coefficient (Wildman–Crippen LogP) is 0.731. The predicted molar refractivity (Wildman–Crippen MR) is 31.7 cm³/mol. The van der Waals surface area contributed by atoms with E-state index in [1.54, 1.807) is 0 Å². The Bertz CT molecular complexity index is 19.5. The van der Waals surface area contributed by atoms with Gasteiger partial charge in [-0.3, -0.25) is 0 Å². The summed E-state index contributed by atoms with van der Waals surface area (Å²) in [6, 6.07) is 0. The highest BCUT2D eigenvalue weighted by Crippen LogP contribution is 1.88. The van der Waals surface area contributed by atoms with Gasteiger partial charge >= 0.3 is 0 Å². The zero-order valence-corrected chi connectivity index (χ0v) is 5.01. The topological polar surface area (TPSA) is 12.0 Å². The first-order valence-electron chi connectivity index (χ1n) is 1.89. The first-order chi connectivity index (χ1) is 2.91. The summed E-state index contributed by atoms with van der Waals surface area (Å²) in [7, 11) is 1.91. The van der Waals surface area contributed by atoms with Gasteiger partial charge in [0.15, 0.2) is 0 Å². The molecule has 0 aliphatic carbocycles. The summed E-state index contributed by atoms with van der Waals surface area (Å²) >= 11 is 1.81. The minimum Gasteiger partial charge on any atom is -0.315 e. The SMILES string of the molecule is CN[CH]CSC. The monoisotopic (exact) mass is 104 g/mol. The van der Waals surface area contributed by atoms with Gasteiger partial charge in [-0.25, -0.2) is 0 Å². The zero-order chi connectivity index (χ0) is 4.83. The van der Waals surface area contributed by atoms with Crippen molar-refractivity contribution in [2.24, 2.45) is 0 Å². The second-order valence-electron chi connectivity index (χ2n) is 0.948. The Kier molecular flexibility index (Phi) is 5.58. The van der Waals surface area contributed by atoms with E-state index < -0.39 is 0 Å². The molecule has 0 heterocycles. The molecule has 0 spiro atoms. The van der Waals surface area contributed by atoms with Gasteiger partial charge in [0.2, 0.25) is 0 Å². The Morgan fingerprint density at radius 3 is 2.67 bits per heavy atom. The van der Waals surface area contributed by atoms with Crippen LogP contribution in [0.1, 0.15) is 0 Å². The van der Waals surface area contributed by atoms with Crippen LogP contribution in [0.4, 0.5) is 0 Å². The van der Waals surface area contributed by atoms with E-state index in [1.165, 1.54) is 0 Å². The summed E-state index contributed by atoms with van der Waals surface area (Å²) in [4.78, 5) is 0. The molecule has 0 aromatic carbocycles. The molecule has 1 radical (unpaired) electrons. The molecule has 0 aliphatic heterocycles. The van der Waals surface area contributed by atoms with Gasteiger partial charge in [0.1, 0.15) is 0 Å². The Labute approximate surface area is 43.5 Å². The van der Waals surface area contributed by atoms with E-state index in [4.69, 9.17) is 0 Å². The molecule has 0 amide bonds. The van der Waals surface area contributed by atoms with Gasteiger partial charge in [-0.2, -0.15) is 11.8 Å². The highest BCUT2D eigenvalue weighted by Gasteiger charge is 1.74. The second-order valence-corrected chi connectivity index (χ2v) is 1.86. The van der Waals surface area contributed by atoms with E-state index >= 15 is 0 Å². The van der Waals surface area contributed by atoms with Crippen LogP contribution < -0.4 is 5.32 Å². The average molecular weight is 104 g/mol. The third-order valence-corrected chi connectivity index (χ3v) is 0.954. The first kappa shape index (κ1) is 6.31. The molecule has 1 N–H and O–H groups in total. The summed E-state index contributed by atoms with van der Waals surface area (Å²) in [6.45, 7) is 2.02. The van der Waals surface area contributed by atoms with Crippen LogP contribution in [-0.4, -0.2) is 19.1 Å². The van der Waals surface area contributed by atoms with Gasteiger partial charge in [0.25, 0.3) is 0 Å². The molecule has 0 bridgehead atoms. The number of hydrogen-bond donors (Lipinski definition) is 1. The molecular weight excluding hydrogens is 94.1 g/mol. The molecule has 0 rings (SSSR count). The number of thioether (sulfide) groups is 1. The Morgan fingerprint density at radius 1 is 1.83 bits per heavy atom. The van der Waals surface area contributed by atoms with Crippen molar-refractivity contribution in [3.05, 3.63) is 6.54 Å². The van der Waals surface area contributed by atoms with Gasteiger partial charge in [-0.1, -0.05) is 0 Å². The van der Waals surface area contributed by atoms with Crippen LogP contribution in [0.5, 0.6) is 0 Å². The highest BCUT2D eigenvalue weighted by atomic mass is 32.2. The van der Waals surface area contributed by atoms with Crippen molar-refractivity contribution in [1.82, 2.24) is 5.32 Å². The van der Waals surface area contributed by atoms with Crippen molar-refractivity contribution in [1.29, 1.82) is 0 Å². The molecule has 0 fully saturated rings. The molecule has 1 nitrogen and oxygen atoms in total. The van der Waals surface area contributed by atoms with Crippen LogP contribution in [0.3, 0.4) is 0 Å². The lowest BCUT2D eigenvalue weighted by atomic mass is 10.8. The highest BCUT2D eigenvalue weighted by molar-refractivity contribution is 7.98. The summed E-state index contributed by atoms with van der Waals surface area (Å²) < 4.78 is 0. The minimum absolute atomic E-state index is 1.09. The molecule has 0 aromatic heterocycles. The van der Waals surface area contributed by atoms with E-state index in [-0.39, 0.29) is 0 Å². The van der Waals surface area contributed by atoms with Gasteiger partial charge in [-0.15, -0.1) is 0 Å². The van der Waals surface area contributed by atoms with Gasteiger partial charge < -0.3 is 5.32 Å². The van der Waals surface area contributed by atoms with Crippen LogP contribution in [0, 0.1) is 6.54 Å². The van der Waals surface area contributed by atoms with E-state index in [1.807, 2.05) is 25.4 Å². The molecular formula is C4H10NS. The molecule has 2 heteroatoms. The maximum atomic E-state index is 2.92. The van der Waals surface area contributed by atoms with Crippen molar-refractivity contribution < 1.29 is 0 Å². The zero-order valence-electron chi connectivity index (χ0n) is 4.19. The quantitative estimate of drug-likeness (QED) is 0.530. The maximum absolute atomic E-state index is 2.92. The lowest BCUT2D eigenvalue weighted by Gasteiger charge is -1.88. The van der Waals surface area contributed by atoms with Gasteiger partial charge in [-0.05, 0) is 13.3 Å². The van der Waals surface area contributed by atoms with E-state index in [2.05, 4.69) is 11.6 Å². The Hall–Kier alpha value is 0.310. The summed E-state index contributed by atoms with van der Waals surface area (Å²) in [5.41, 5.74) is 0. The molecule has 0 atom stereocenters. The molecule has 0 unspecified atom stereocenters. The summed E-state index contributed by atoms with van der Waals surface area (Å²) in [6.07, 6.45) is 2.08. The maximum Gasteiger partial charge on any atom is 0.0317 e. The van der Waals surface area contributed by atoms with Crippen molar-refractivity contribution in [2.75, 3.05) is 19.1 Å². The average Bonchev–Trinajstić information content (AvgIpc) is 1.61. The Balaban J connectivity index is 2.34. The molecule has 0 aliphatic rings. The molecule has 6 heavy (non-hydrogen) atoms.